The van der Waals surface area contributed by atoms with Crippen LogP contribution in [0.2, 0.25) is 0 Å². The maximum absolute atomic E-state index is 12.1. The fraction of sp³-hybridized carbons (Fsp3) is 0.579. The highest BCUT2D eigenvalue weighted by molar-refractivity contribution is 5.74. The lowest BCUT2D eigenvalue weighted by Crippen LogP contribution is -2.44. The quantitative estimate of drug-likeness (QED) is 0.638. The third-order valence-corrected chi connectivity index (χ3v) is 4.88. The number of hydrogen-bond donors (Lipinski definition) is 3. The Morgan fingerprint density at radius 1 is 1.04 bits per heavy atom. The normalized spacial score (nSPS) is 19.1. The van der Waals surface area contributed by atoms with Crippen molar-refractivity contribution in [1.82, 2.24) is 10.6 Å². The predicted octanol–water partition coefficient (Wildman–Crippen LogP) is 2.20. The first kappa shape index (κ1) is 20.7. The number of carbonyl (C=O) groups excluding carboxylic acids is 1. The number of urea groups is 1. The second kappa shape index (κ2) is 9.89. The maximum Gasteiger partial charge on any atom is 0.315 e. The van der Waals surface area contributed by atoms with E-state index in [2.05, 4.69) is 10.6 Å². The standard InChI is InChI=1S/C19H28N2O6/c1-25-15-9-6-12(16(26-2)17(15)27-3)10-11-20-19(24)21-14-7-4-13(5-8-14)18(22)23/h6,9,13-14H,4-5,7-8,10-11H2,1-3H3,(H,22,23)(H2,20,21,24). The number of ether oxygens (including phenoxy) is 3. The topological polar surface area (TPSA) is 106 Å². The van der Waals surface area contributed by atoms with Gasteiger partial charge in [-0.15, -0.1) is 0 Å². The highest BCUT2D eigenvalue weighted by Crippen LogP contribution is 2.39. The Balaban J connectivity index is 1.82. The number of hydrogen-bond acceptors (Lipinski definition) is 5. The highest BCUT2D eigenvalue weighted by atomic mass is 16.5. The van der Waals surface area contributed by atoms with Crippen LogP contribution < -0.4 is 24.8 Å². The van der Waals surface area contributed by atoms with Gasteiger partial charge in [-0.25, -0.2) is 4.79 Å². The average Bonchev–Trinajstić information content (AvgIpc) is 2.67. The monoisotopic (exact) mass is 380 g/mol. The molecular formula is C19H28N2O6. The van der Waals surface area contributed by atoms with Crippen molar-refractivity contribution in [1.29, 1.82) is 0 Å². The summed E-state index contributed by atoms with van der Waals surface area (Å²) >= 11 is 0. The SMILES string of the molecule is COc1ccc(CCNC(=O)NC2CCC(C(=O)O)CC2)c(OC)c1OC. The largest absolute Gasteiger partial charge is 0.493 e. The number of nitrogens with one attached hydrogen (secondary N) is 2. The first-order valence-electron chi connectivity index (χ1n) is 9.05. The van der Waals surface area contributed by atoms with Gasteiger partial charge in [-0.3, -0.25) is 4.79 Å². The molecule has 150 valence electrons. The van der Waals surface area contributed by atoms with E-state index in [4.69, 9.17) is 19.3 Å². The molecule has 1 aliphatic carbocycles. The second-order valence-corrected chi connectivity index (χ2v) is 6.53. The van der Waals surface area contributed by atoms with Crippen LogP contribution in [-0.4, -0.2) is 51.0 Å². The van der Waals surface area contributed by atoms with Crippen LogP contribution >= 0.6 is 0 Å². The number of carbonyl (C=O) groups is 2. The zero-order valence-electron chi connectivity index (χ0n) is 16.0. The van der Waals surface area contributed by atoms with Crippen molar-refractivity contribution in [3.05, 3.63) is 17.7 Å². The number of rotatable bonds is 8. The van der Waals surface area contributed by atoms with Crippen LogP contribution in [0.3, 0.4) is 0 Å². The molecule has 0 heterocycles. The smallest absolute Gasteiger partial charge is 0.315 e. The zero-order valence-corrected chi connectivity index (χ0v) is 16.0. The molecule has 0 spiro atoms. The molecule has 1 aromatic carbocycles. The number of benzene rings is 1. The maximum atomic E-state index is 12.1. The Kier molecular flexibility index (Phi) is 7.57. The molecule has 0 aromatic heterocycles. The summed E-state index contributed by atoms with van der Waals surface area (Å²) in [6.45, 7) is 0.433. The van der Waals surface area contributed by atoms with Crippen LogP contribution in [0.25, 0.3) is 0 Å². The predicted molar refractivity (Wildman–Crippen MR) is 99.7 cm³/mol. The molecule has 1 saturated carbocycles. The molecular weight excluding hydrogens is 352 g/mol. The minimum Gasteiger partial charge on any atom is -0.493 e. The molecule has 2 amide bonds. The molecule has 8 heteroatoms. The highest BCUT2D eigenvalue weighted by Gasteiger charge is 2.26. The van der Waals surface area contributed by atoms with Crippen molar-refractivity contribution in [3.63, 3.8) is 0 Å². The fourth-order valence-corrected chi connectivity index (χ4v) is 3.39. The molecule has 2 rings (SSSR count). The molecule has 1 aliphatic rings. The number of amides is 2. The van der Waals surface area contributed by atoms with Crippen LogP contribution in [0.4, 0.5) is 4.79 Å². The van der Waals surface area contributed by atoms with E-state index in [1.54, 1.807) is 27.4 Å². The number of aliphatic carboxylic acids is 1. The van der Waals surface area contributed by atoms with E-state index in [0.29, 0.717) is 55.9 Å². The fourth-order valence-electron chi connectivity index (χ4n) is 3.39. The van der Waals surface area contributed by atoms with Gasteiger partial charge in [0.1, 0.15) is 0 Å². The summed E-state index contributed by atoms with van der Waals surface area (Å²) < 4.78 is 16.1. The van der Waals surface area contributed by atoms with E-state index in [-0.39, 0.29) is 18.0 Å². The second-order valence-electron chi connectivity index (χ2n) is 6.53. The van der Waals surface area contributed by atoms with Crippen molar-refractivity contribution in [3.8, 4) is 17.2 Å². The van der Waals surface area contributed by atoms with Crippen molar-refractivity contribution >= 4 is 12.0 Å². The Morgan fingerprint density at radius 2 is 1.70 bits per heavy atom. The van der Waals surface area contributed by atoms with Crippen molar-refractivity contribution in [2.75, 3.05) is 27.9 Å². The lowest BCUT2D eigenvalue weighted by molar-refractivity contribution is -0.142. The van der Waals surface area contributed by atoms with Crippen LogP contribution in [0.5, 0.6) is 17.2 Å². The number of carboxylic acids is 1. The molecule has 0 unspecified atom stereocenters. The van der Waals surface area contributed by atoms with E-state index in [1.807, 2.05) is 6.07 Å². The van der Waals surface area contributed by atoms with E-state index in [1.165, 1.54) is 0 Å². The molecule has 0 atom stereocenters. The lowest BCUT2D eigenvalue weighted by Gasteiger charge is -2.26. The van der Waals surface area contributed by atoms with Crippen LogP contribution in [-0.2, 0) is 11.2 Å². The Hall–Kier alpha value is -2.64. The summed E-state index contributed by atoms with van der Waals surface area (Å²) in [7, 11) is 4.68. The molecule has 1 fully saturated rings. The molecule has 8 nitrogen and oxygen atoms in total. The molecule has 1 aromatic rings. The third kappa shape index (κ3) is 5.42. The molecule has 0 radical (unpaired) electrons. The molecule has 0 saturated heterocycles. The molecule has 27 heavy (non-hydrogen) atoms. The van der Waals surface area contributed by atoms with Crippen molar-refractivity contribution < 1.29 is 28.9 Å². The summed E-state index contributed by atoms with van der Waals surface area (Å²) in [5.74, 6) is 0.661. The van der Waals surface area contributed by atoms with Gasteiger partial charge >= 0.3 is 12.0 Å². The first-order chi connectivity index (χ1) is 13.0. The van der Waals surface area contributed by atoms with E-state index < -0.39 is 5.97 Å². The minimum atomic E-state index is -0.748. The summed E-state index contributed by atoms with van der Waals surface area (Å²) in [6.07, 6.45) is 3.15. The first-order valence-corrected chi connectivity index (χ1v) is 9.05. The summed E-state index contributed by atoms with van der Waals surface area (Å²) in [6, 6.07) is 3.47. The lowest BCUT2D eigenvalue weighted by atomic mass is 9.86. The van der Waals surface area contributed by atoms with Gasteiger partial charge < -0.3 is 30.0 Å². The van der Waals surface area contributed by atoms with Gasteiger partial charge in [0.2, 0.25) is 5.75 Å². The number of methoxy groups -OCH3 is 3. The average molecular weight is 380 g/mol. The Labute approximate surface area is 159 Å². The van der Waals surface area contributed by atoms with Gasteiger partial charge in [0.05, 0.1) is 27.2 Å². The van der Waals surface area contributed by atoms with Gasteiger partial charge in [0, 0.05) is 18.2 Å². The van der Waals surface area contributed by atoms with Crippen LogP contribution in [0.1, 0.15) is 31.2 Å². The van der Waals surface area contributed by atoms with Gasteiger partial charge in [-0.2, -0.15) is 0 Å². The van der Waals surface area contributed by atoms with Gasteiger partial charge in [-0.05, 0) is 38.2 Å². The summed E-state index contributed by atoms with van der Waals surface area (Å²) in [5, 5.41) is 14.8. The third-order valence-electron chi connectivity index (χ3n) is 4.88. The Morgan fingerprint density at radius 3 is 2.26 bits per heavy atom. The van der Waals surface area contributed by atoms with Gasteiger partial charge in [0.15, 0.2) is 11.5 Å². The van der Waals surface area contributed by atoms with Crippen LogP contribution in [0, 0.1) is 5.92 Å². The summed E-state index contributed by atoms with van der Waals surface area (Å²) in [4.78, 5) is 23.1. The Bertz CT molecular complexity index is 656. The minimum absolute atomic E-state index is 0.0243. The summed E-state index contributed by atoms with van der Waals surface area (Å²) in [5.41, 5.74) is 0.900. The van der Waals surface area contributed by atoms with Crippen LogP contribution in [0.15, 0.2) is 12.1 Å². The molecule has 0 aliphatic heterocycles. The van der Waals surface area contributed by atoms with Gasteiger partial charge in [-0.1, -0.05) is 6.07 Å². The molecule has 3 N–H and O–H groups in total. The van der Waals surface area contributed by atoms with Gasteiger partial charge in [0.25, 0.3) is 0 Å². The van der Waals surface area contributed by atoms with E-state index >= 15 is 0 Å². The van der Waals surface area contributed by atoms with E-state index in [0.717, 1.165) is 5.56 Å². The van der Waals surface area contributed by atoms with E-state index in [9.17, 15) is 9.59 Å². The zero-order chi connectivity index (χ0) is 19.8. The van der Waals surface area contributed by atoms with Crippen molar-refractivity contribution in [2.45, 2.75) is 38.1 Å². The van der Waals surface area contributed by atoms with Crippen molar-refractivity contribution in [2.24, 2.45) is 5.92 Å². The molecule has 0 bridgehead atoms. The number of carboxylic acid groups (broad SMARTS) is 1.